The molecule has 0 aliphatic carbocycles. The zero-order valence-corrected chi connectivity index (χ0v) is 17.6. The minimum absolute atomic E-state index is 0.00268. The number of hydrogen-bond acceptors (Lipinski definition) is 4. The fourth-order valence-electron chi connectivity index (χ4n) is 3.76. The molecule has 0 atom stereocenters. The first kappa shape index (κ1) is 20.8. The number of imidazole rings is 1. The largest absolute Gasteiger partial charge is 0.367 e. The maximum atomic E-state index is 12.6. The molecule has 0 saturated heterocycles. The fourth-order valence-corrected chi connectivity index (χ4v) is 3.76. The quantitative estimate of drug-likeness (QED) is 0.667. The number of aromatic nitrogens is 2. The summed E-state index contributed by atoms with van der Waals surface area (Å²) in [6, 6.07) is 17.6. The third kappa shape index (κ3) is 5.19. The highest BCUT2D eigenvalue weighted by Gasteiger charge is 2.21. The second-order valence-electron chi connectivity index (χ2n) is 7.58. The van der Waals surface area contributed by atoms with Crippen LogP contribution in [0, 0.1) is 0 Å². The lowest BCUT2D eigenvalue weighted by atomic mass is 10.1. The van der Waals surface area contributed by atoms with E-state index in [0.717, 1.165) is 28.3 Å². The van der Waals surface area contributed by atoms with Gasteiger partial charge in [-0.3, -0.25) is 9.59 Å². The van der Waals surface area contributed by atoms with Crippen LogP contribution in [0.25, 0.3) is 11.3 Å². The lowest BCUT2D eigenvalue weighted by molar-refractivity contribution is -0.136. The molecule has 160 valence electrons. The summed E-state index contributed by atoms with van der Waals surface area (Å²) in [5, 5.41) is 2.78. The zero-order chi connectivity index (χ0) is 21.6. The molecule has 3 aromatic rings. The van der Waals surface area contributed by atoms with Crippen LogP contribution in [0.15, 0.2) is 60.8 Å². The summed E-state index contributed by atoms with van der Waals surface area (Å²) in [5.41, 5.74) is 3.86. The monoisotopic (exact) mass is 418 g/mol. The van der Waals surface area contributed by atoms with E-state index < -0.39 is 0 Å². The van der Waals surface area contributed by atoms with Crippen LogP contribution in [0.2, 0.25) is 0 Å². The van der Waals surface area contributed by atoms with E-state index in [2.05, 4.69) is 14.9 Å². The maximum absolute atomic E-state index is 12.6. The number of carbonyl (C=O) groups excluding carboxylic acids is 2. The Morgan fingerprint density at radius 1 is 1.03 bits per heavy atom. The van der Waals surface area contributed by atoms with Gasteiger partial charge >= 0.3 is 0 Å². The summed E-state index contributed by atoms with van der Waals surface area (Å²) in [6.07, 6.45) is 2.58. The first-order chi connectivity index (χ1) is 15.1. The lowest BCUT2D eigenvalue weighted by Gasteiger charge is -2.20. The number of anilines is 1. The first-order valence-electron chi connectivity index (χ1n) is 10.4. The molecule has 1 aromatic heterocycles. The van der Waals surface area contributed by atoms with E-state index >= 15 is 0 Å². The standard InChI is InChI=1S/C24H26N4O3/c1-18(29)26-21-9-7-20(8-10-21)22-15-25-23-11-12-27(13-14-28(22)23)24(30)17-31-16-19-5-3-2-4-6-19/h2-10,15H,11-14,16-17H2,1H3,(H,26,29). The van der Waals surface area contributed by atoms with Crippen molar-refractivity contribution in [3.05, 3.63) is 72.2 Å². The van der Waals surface area contributed by atoms with Crippen molar-refractivity contribution in [3.63, 3.8) is 0 Å². The molecule has 7 heteroatoms. The minimum Gasteiger partial charge on any atom is -0.367 e. The van der Waals surface area contributed by atoms with Crippen LogP contribution in [0.5, 0.6) is 0 Å². The smallest absolute Gasteiger partial charge is 0.248 e. The van der Waals surface area contributed by atoms with Gasteiger partial charge in [-0.15, -0.1) is 0 Å². The molecule has 2 heterocycles. The van der Waals surface area contributed by atoms with Gasteiger partial charge in [0.15, 0.2) is 0 Å². The van der Waals surface area contributed by atoms with Gasteiger partial charge in [-0.2, -0.15) is 0 Å². The van der Waals surface area contributed by atoms with Gasteiger partial charge in [0.05, 0.1) is 18.5 Å². The Labute approximate surface area is 181 Å². The van der Waals surface area contributed by atoms with Gasteiger partial charge in [0.25, 0.3) is 0 Å². The van der Waals surface area contributed by atoms with Crippen molar-refractivity contribution in [2.45, 2.75) is 26.5 Å². The van der Waals surface area contributed by atoms with Gasteiger partial charge in [-0.1, -0.05) is 42.5 Å². The van der Waals surface area contributed by atoms with Gasteiger partial charge in [0.1, 0.15) is 12.4 Å². The first-order valence-corrected chi connectivity index (χ1v) is 10.4. The van der Waals surface area contributed by atoms with Crippen LogP contribution in [0.3, 0.4) is 0 Å². The number of ether oxygens (including phenoxy) is 1. The summed E-state index contributed by atoms with van der Waals surface area (Å²) in [6.45, 7) is 3.93. The molecule has 7 nitrogen and oxygen atoms in total. The van der Waals surface area contributed by atoms with Gasteiger partial charge in [0, 0.05) is 38.7 Å². The van der Waals surface area contributed by atoms with E-state index in [0.29, 0.717) is 32.7 Å². The minimum atomic E-state index is -0.0940. The van der Waals surface area contributed by atoms with Crippen molar-refractivity contribution >= 4 is 17.5 Å². The summed E-state index contributed by atoms with van der Waals surface area (Å²) in [5.74, 6) is 0.882. The van der Waals surface area contributed by atoms with Gasteiger partial charge in [-0.25, -0.2) is 4.98 Å². The molecule has 2 amide bonds. The zero-order valence-electron chi connectivity index (χ0n) is 17.6. The third-order valence-electron chi connectivity index (χ3n) is 5.33. The van der Waals surface area contributed by atoms with Crippen LogP contribution in [0.1, 0.15) is 18.3 Å². The van der Waals surface area contributed by atoms with Crippen LogP contribution < -0.4 is 5.32 Å². The average Bonchev–Trinajstić information content (AvgIpc) is 3.05. The molecule has 31 heavy (non-hydrogen) atoms. The highest BCUT2D eigenvalue weighted by Crippen LogP contribution is 2.24. The van der Waals surface area contributed by atoms with E-state index in [1.54, 1.807) is 0 Å². The Kier molecular flexibility index (Phi) is 6.43. The second-order valence-corrected chi connectivity index (χ2v) is 7.58. The highest BCUT2D eigenvalue weighted by atomic mass is 16.5. The molecule has 0 saturated carbocycles. The summed E-state index contributed by atoms with van der Waals surface area (Å²) >= 11 is 0. The number of benzene rings is 2. The van der Waals surface area contributed by atoms with E-state index in [4.69, 9.17) is 4.74 Å². The Bertz CT molecular complexity index is 1040. The third-order valence-corrected chi connectivity index (χ3v) is 5.33. The number of carbonyl (C=O) groups is 2. The van der Waals surface area contributed by atoms with Crippen molar-refractivity contribution in [3.8, 4) is 11.3 Å². The molecular formula is C24H26N4O3. The molecule has 0 radical (unpaired) electrons. The molecule has 1 aliphatic rings. The predicted molar refractivity (Wildman–Crippen MR) is 118 cm³/mol. The van der Waals surface area contributed by atoms with Gasteiger partial charge in [-0.05, 0) is 23.3 Å². The average molecular weight is 418 g/mol. The summed E-state index contributed by atoms with van der Waals surface area (Å²) in [7, 11) is 0. The number of hydrogen-bond donors (Lipinski definition) is 1. The van der Waals surface area contributed by atoms with Crippen molar-refractivity contribution in [2.75, 3.05) is 25.0 Å². The molecule has 0 fully saturated rings. The van der Waals surface area contributed by atoms with Crippen molar-refractivity contribution < 1.29 is 14.3 Å². The fraction of sp³-hybridized carbons (Fsp3) is 0.292. The molecule has 0 unspecified atom stereocenters. The topological polar surface area (TPSA) is 76.5 Å². The number of nitrogens with one attached hydrogen (secondary N) is 1. The lowest BCUT2D eigenvalue weighted by Crippen LogP contribution is -2.36. The second kappa shape index (κ2) is 9.57. The SMILES string of the molecule is CC(=O)Nc1ccc(-c2cnc3n2CCN(C(=O)COCc2ccccc2)CC3)cc1. The Morgan fingerprint density at radius 2 is 1.81 bits per heavy atom. The van der Waals surface area contributed by atoms with Crippen LogP contribution in [0.4, 0.5) is 5.69 Å². The van der Waals surface area contributed by atoms with Crippen molar-refractivity contribution in [2.24, 2.45) is 0 Å². The van der Waals surface area contributed by atoms with Gasteiger partial charge < -0.3 is 19.5 Å². The molecule has 0 spiro atoms. The van der Waals surface area contributed by atoms with Crippen LogP contribution in [-0.4, -0.2) is 46.0 Å². The number of rotatable bonds is 6. The number of amides is 2. The number of fused-ring (bicyclic) bond motifs is 1. The Morgan fingerprint density at radius 3 is 2.55 bits per heavy atom. The summed E-state index contributed by atoms with van der Waals surface area (Å²) < 4.78 is 7.79. The number of nitrogens with zero attached hydrogens (tertiary/aromatic N) is 3. The predicted octanol–water partition coefficient (Wildman–Crippen LogP) is 3.11. The van der Waals surface area contributed by atoms with E-state index in [1.165, 1.54) is 6.92 Å². The van der Waals surface area contributed by atoms with Gasteiger partial charge in [0.2, 0.25) is 11.8 Å². The molecule has 0 bridgehead atoms. The van der Waals surface area contributed by atoms with E-state index in [9.17, 15) is 9.59 Å². The molecule has 2 aromatic carbocycles. The highest BCUT2D eigenvalue weighted by molar-refractivity contribution is 5.88. The Hall–Kier alpha value is -3.45. The molecule has 1 aliphatic heterocycles. The van der Waals surface area contributed by atoms with E-state index in [-0.39, 0.29) is 18.4 Å². The van der Waals surface area contributed by atoms with Crippen molar-refractivity contribution in [1.82, 2.24) is 14.5 Å². The van der Waals surface area contributed by atoms with Crippen molar-refractivity contribution in [1.29, 1.82) is 0 Å². The Balaban J connectivity index is 1.36. The van der Waals surface area contributed by atoms with Crippen LogP contribution >= 0.6 is 0 Å². The normalized spacial score (nSPS) is 13.4. The molecule has 1 N–H and O–H groups in total. The van der Waals surface area contributed by atoms with Crippen LogP contribution in [-0.2, 0) is 33.9 Å². The maximum Gasteiger partial charge on any atom is 0.248 e. The summed E-state index contributed by atoms with van der Waals surface area (Å²) in [4.78, 5) is 30.3. The molecular weight excluding hydrogens is 392 g/mol. The molecule has 4 rings (SSSR count). The van der Waals surface area contributed by atoms with E-state index in [1.807, 2.05) is 65.7 Å².